The van der Waals surface area contributed by atoms with Gasteiger partial charge in [0.05, 0.1) is 16.8 Å². The van der Waals surface area contributed by atoms with Gasteiger partial charge in [-0.3, -0.25) is 4.79 Å². The predicted octanol–water partition coefficient (Wildman–Crippen LogP) is 4.19. The summed E-state index contributed by atoms with van der Waals surface area (Å²) in [5, 5.41) is 3.58. The number of nitrogens with zero attached hydrogens (tertiary/aromatic N) is 4. The van der Waals surface area contributed by atoms with Crippen LogP contribution in [0.3, 0.4) is 0 Å². The summed E-state index contributed by atoms with van der Waals surface area (Å²) in [6.07, 6.45) is 5.10. The number of amides is 1. The third-order valence-corrected chi connectivity index (χ3v) is 6.30. The highest BCUT2D eigenvalue weighted by Crippen LogP contribution is 2.34. The first-order valence-corrected chi connectivity index (χ1v) is 11.3. The van der Waals surface area contributed by atoms with E-state index in [9.17, 15) is 4.79 Å². The maximum atomic E-state index is 12.0. The lowest BCUT2D eigenvalue weighted by atomic mass is 10.1. The van der Waals surface area contributed by atoms with Crippen LogP contribution in [-0.4, -0.2) is 33.9 Å². The Morgan fingerprint density at radius 3 is 2.73 bits per heavy atom. The van der Waals surface area contributed by atoms with E-state index in [4.69, 9.17) is 15.7 Å². The molecule has 0 bridgehead atoms. The molecule has 1 aliphatic rings. The lowest BCUT2D eigenvalue weighted by molar-refractivity contribution is 0.100. The average molecular weight is 441 g/mol. The fraction of sp³-hybridized carbons (Fsp3) is 0.269. The van der Waals surface area contributed by atoms with E-state index in [0.29, 0.717) is 17.9 Å². The van der Waals surface area contributed by atoms with Crippen LogP contribution in [0.2, 0.25) is 0 Å². The minimum atomic E-state index is -0.447. The van der Waals surface area contributed by atoms with Crippen LogP contribution in [0, 0.1) is 6.92 Å². The molecule has 0 saturated carbocycles. The van der Waals surface area contributed by atoms with E-state index in [-0.39, 0.29) is 0 Å². The van der Waals surface area contributed by atoms with Gasteiger partial charge in [-0.05, 0) is 55.5 Å². The van der Waals surface area contributed by atoms with Crippen molar-refractivity contribution in [2.45, 2.75) is 32.7 Å². The summed E-state index contributed by atoms with van der Waals surface area (Å²) in [6.45, 7) is 3.66. The van der Waals surface area contributed by atoms with E-state index in [1.807, 2.05) is 47.9 Å². The van der Waals surface area contributed by atoms with Crippen molar-refractivity contribution in [3.63, 3.8) is 0 Å². The molecule has 0 spiro atoms. The molecule has 7 heteroatoms. The van der Waals surface area contributed by atoms with E-state index in [1.165, 1.54) is 5.56 Å². The third kappa shape index (κ3) is 3.91. The van der Waals surface area contributed by atoms with Gasteiger partial charge in [0.25, 0.3) is 5.91 Å². The van der Waals surface area contributed by atoms with Crippen LogP contribution in [0.25, 0.3) is 17.0 Å². The number of carbonyl (C=O) groups excluding carboxylic acids is 1. The van der Waals surface area contributed by atoms with Crippen molar-refractivity contribution in [3.8, 4) is 11.5 Å². The average Bonchev–Trinajstić information content (AvgIpc) is 3.04. The number of primary amides is 1. The van der Waals surface area contributed by atoms with Crippen molar-refractivity contribution in [1.82, 2.24) is 14.4 Å². The largest absolute Gasteiger partial charge is 0.366 e. The van der Waals surface area contributed by atoms with E-state index in [0.717, 1.165) is 59.8 Å². The van der Waals surface area contributed by atoms with Gasteiger partial charge < -0.3 is 20.4 Å². The standard InChI is InChI=1S/C26H28N6O/c1-17-15-21-19(23(27)33)12-8-14-32(21)22(17)25-29-24(28-16-18-9-4-3-5-10-18)20-11-6-7-13-31(2)26(20)30-25/h3-5,8-10,12,14-15H,6-7,11,13,16H2,1-2H3,(H2,27,33)(H,28,29,30). The number of pyridine rings is 1. The SMILES string of the molecule is Cc1cc2c(C(N)=O)cccn2c1-c1nc(NCc2ccccc2)c2c(n1)N(C)CCCC2. The first-order valence-electron chi connectivity index (χ1n) is 11.3. The van der Waals surface area contributed by atoms with Crippen molar-refractivity contribution in [1.29, 1.82) is 0 Å². The van der Waals surface area contributed by atoms with Gasteiger partial charge in [0, 0.05) is 31.9 Å². The summed E-state index contributed by atoms with van der Waals surface area (Å²) >= 11 is 0. The van der Waals surface area contributed by atoms with Crippen LogP contribution in [0.1, 0.15) is 39.9 Å². The minimum Gasteiger partial charge on any atom is -0.366 e. The summed E-state index contributed by atoms with van der Waals surface area (Å²) in [6, 6.07) is 15.9. The van der Waals surface area contributed by atoms with Crippen molar-refractivity contribution >= 4 is 23.1 Å². The number of fused-ring (bicyclic) bond motifs is 2. The van der Waals surface area contributed by atoms with Crippen molar-refractivity contribution in [2.75, 3.05) is 23.8 Å². The molecule has 1 aromatic carbocycles. The summed E-state index contributed by atoms with van der Waals surface area (Å²) < 4.78 is 1.97. The van der Waals surface area contributed by atoms with Gasteiger partial charge in [-0.1, -0.05) is 30.3 Å². The van der Waals surface area contributed by atoms with Gasteiger partial charge in [0.1, 0.15) is 11.6 Å². The highest BCUT2D eigenvalue weighted by molar-refractivity contribution is 6.00. The number of nitrogens with two attached hydrogens (primary N) is 1. The smallest absolute Gasteiger partial charge is 0.250 e. The molecule has 3 N–H and O–H groups in total. The topological polar surface area (TPSA) is 88.5 Å². The van der Waals surface area contributed by atoms with Crippen molar-refractivity contribution in [3.05, 3.63) is 77.0 Å². The number of hydrogen-bond acceptors (Lipinski definition) is 5. The zero-order valence-electron chi connectivity index (χ0n) is 19.0. The molecule has 0 atom stereocenters. The molecule has 4 heterocycles. The number of nitrogens with one attached hydrogen (secondary N) is 1. The van der Waals surface area contributed by atoms with Crippen LogP contribution >= 0.6 is 0 Å². The van der Waals surface area contributed by atoms with E-state index >= 15 is 0 Å². The third-order valence-electron chi connectivity index (χ3n) is 6.30. The molecule has 0 radical (unpaired) electrons. The Balaban J connectivity index is 1.66. The fourth-order valence-corrected chi connectivity index (χ4v) is 4.63. The van der Waals surface area contributed by atoms with E-state index < -0.39 is 5.91 Å². The molecule has 33 heavy (non-hydrogen) atoms. The Hall–Kier alpha value is -3.87. The number of anilines is 2. The number of aromatic nitrogens is 3. The number of benzene rings is 1. The van der Waals surface area contributed by atoms with Gasteiger partial charge in [0.15, 0.2) is 5.82 Å². The number of hydrogen-bond donors (Lipinski definition) is 2. The molecular weight excluding hydrogens is 412 g/mol. The number of aryl methyl sites for hydroxylation is 1. The molecular formula is C26H28N6O. The summed E-state index contributed by atoms with van der Waals surface area (Å²) in [5.41, 5.74) is 11.1. The normalized spacial score (nSPS) is 13.6. The molecule has 1 amide bonds. The summed E-state index contributed by atoms with van der Waals surface area (Å²) in [4.78, 5) is 24.3. The maximum absolute atomic E-state index is 12.0. The summed E-state index contributed by atoms with van der Waals surface area (Å²) in [5.74, 6) is 2.02. The first kappa shape index (κ1) is 21.0. The lowest BCUT2D eigenvalue weighted by Crippen LogP contribution is -2.21. The van der Waals surface area contributed by atoms with E-state index in [1.54, 1.807) is 6.07 Å². The molecule has 7 nitrogen and oxygen atoms in total. The van der Waals surface area contributed by atoms with Crippen molar-refractivity contribution < 1.29 is 4.79 Å². The predicted molar refractivity (Wildman–Crippen MR) is 132 cm³/mol. The maximum Gasteiger partial charge on any atom is 0.250 e. The molecule has 0 saturated heterocycles. The molecule has 0 fully saturated rings. The molecule has 1 aliphatic heterocycles. The van der Waals surface area contributed by atoms with Gasteiger partial charge in [0.2, 0.25) is 0 Å². The zero-order valence-corrected chi connectivity index (χ0v) is 19.0. The lowest BCUT2D eigenvalue weighted by Gasteiger charge is -2.21. The molecule has 4 aromatic rings. The van der Waals surface area contributed by atoms with Crippen LogP contribution in [0.4, 0.5) is 11.6 Å². The molecule has 5 rings (SSSR count). The second-order valence-electron chi connectivity index (χ2n) is 8.63. The fourth-order valence-electron chi connectivity index (χ4n) is 4.63. The Morgan fingerprint density at radius 2 is 1.94 bits per heavy atom. The Labute approximate surface area is 193 Å². The Kier molecular flexibility index (Phi) is 5.46. The first-order chi connectivity index (χ1) is 16.0. The highest BCUT2D eigenvalue weighted by Gasteiger charge is 2.23. The second-order valence-corrected chi connectivity index (χ2v) is 8.63. The second kappa shape index (κ2) is 8.58. The van der Waals surface area contributed by atoms with Crippen molar-refractivity contribution in [2.24, 2.45) is 5.73 Å². The molecule has 168 valence electrons. The summed E-state index contributed by atoms with van der Waals surface area (Å²) in [7, 11) is 2.09. The molecule has 3 aromatic heterocycles. The van der Waals surface area contributed by atoms with E-state index in [2.05, 4.69) is 29.4 Å². The van der Waals surface area contributed by atoms with Crippen LogP contribution in [-0.2, 0) is 13.0 Å². The van der Waals surface area contributed by atoms with Gasteiger partial charge >= 0.3 is 0 Å². The van der Waals surface area contributed by atoms with Crippen LogP contribution < -0.4 is 16.0 Å². The van der Waals surface area contributed by atoms with Gasteiger partial charge in [-0.25, -0.2) is 9.97 Å². The quantitative estimate of drug-likeness (QED) is 0.486. The monoisotopic (exact) mass is 440 g/mol. The van der Waals surface area contributed by atoms with Gasteiger partial charge in [-0.2, -0.15) is 0 Å². The minimum absolute atomic E-state index is 0.447. The Bertz CT molecular complexity index is 1330. The highest BCUT2D eigenvalue weighted by atomic mass is 16.1. The number of carbonyl (C=O) groups is 1. The Morgan fingerprint density at radius 1 is 1.12 bits per heavy atom. The van der Waals surface area contributed by atoms with Gasteiger partial charge in [-0.15, -0.1) is 0 Å². The zero-order chi connectivity index (χ0) is 22.9. The van der Waals surface area contributed by atoms with Crippen LogP contribution in [0.15, 0.2) is 54.7 Å². The van der Waals surface area contributed by atoms with Crippen LogP contribution in [0.5, 0.6) is 0 Å². The molecule has 0 aliphatic carbocycles. The molecule has 0 unspecified atom stereocenters. The number of rotatable bonds is 5.